The smallest absolute Gasteiger partial charge is 0.278 e. The van der Waals surface area contributed by atoms with Crippen LogP contribution in [0.3, 0.4) is 0 Å². The van der Waals surface area contributed by atoms with Crippen LogP contribution in [0.4, 0.5) is 0 Å². The minimum Gasteiger partial charge on any atom is -0.311 e. The lowest BCUT2D eigenvalue weighted by molar-refractivity contribution is 0.103. The molecule has 4 rings (SSSR count). The molecule has 1 aliphatic carbocycles. The summed E-state index contributed by atoms with van der Waals surface area (Å²) in [5.41, 5.74) is 1.94. The Morgan fingerprint density at radius 1 is 0.947 bits per heavy atom. The molecule has 1 aliphatic rings. The molecule has 0 unspecified atom stereocenters. The van der Waals surface area contributed by atoms with Gasteiger partial charge in [-0.05, 0) is 0 Å². The van der Waals surface area contributed by atoms with E-state index >= 15 is 0 Å². The van der Waals surface area contributed by atoms with Crippen LogP contribution < -0.4 is 5.56 Å². The molecule has 0 fully saturated rings. The molecule has 1 N–H and O–H groups in total. The lowest BCUT2D eigenvalue weighted by Gasteiger charge is -1.99. The summed E-state index contributed by atoms with van der Waals surface area (Å²) in [6.45, 7) is 0. The van der Waals surface area contributed by atoms with E-state index in [2.05, 4.69) is 19.9 Å². The first kappa shape index (κ1) is 10.1. The minimum absolute atomic E-state index is 0.144. The molecule has 0 saturated carbocycles. The van der Waals surface area contributed by atoms with Gasteiger partial charge in [0.1, 0.15) is 11.4 Å². The number of rotatable bonds is 0. The number of ketones is 1. The van der Waals surface area contributed by atoms with E-state index in [1.807, 2.05) is 6.07 Å². The summed E-state index contributed by atoms with van der Waals surface area (Å²) in [6.07, 6.45) is 1.25. The normalized spacial score (nSPS) is 12.5. The third kappa shape index (κ3) is 1.22. The molecule has 19 heavy (non-hydrogen) atoms. The van der Waals surface area contributed by atoms with E-state index in [-0.39, 0.29) is 28.2 Å². The van der Waals surface area contributed by atoms with Crippen molar-refractivity contribution < 1.29 is 4.79 Å². The van der Waals surface area contributed by atoms with Gasteiger partial charge in [-0.3, -0.25) is 9.59 Å². The van der Waals surface area contributed by atoms with E-state index in [9.17, 15) is 9.59 Å². The molecule has 0 radical (unpaired) electrons. The van der Waals surface area contributed by atoms with Gasteiger partial charge in [0.15, 0.2) is 11.2 Å². The van der Waals surface area contributed by atoms with Crippen molar-refractivity contribution in [2.75, 3.05) is 0 Å². The number of aromatic amines is 1. The fourth-order valence-electron chi connectivity index (χ4n) is 2.25. The van der Waals surface area contributed by atoms with Crippen molar-refractivity contribution in [3.63, 3.8) is 0 Å². The molecule has 0 aliphatic heterocycles. The number of benzene rings is 1. The summed E-state index contributed by atoms with van der Waals surface area (Å²) in [6, 6.07) is 7.13. The largest absolute Gasteiger partial charge is 0.311 e. The van der Waals surface area contributed by atoms with E-state index in [1.165, 1.54) is 6.33 Å². The molecular weight excluding hydrogens is 244 g/mol. The number of fused-ring (bicyclic) bond motifs is 4. The Bertz CT molecular complexity index is 914. The summed E-state index contributed by atoms with van der Waals surface area (Å²) in [5, 5.41) is 0. The maximum atomic E-state index is 12.2. The first-order chi connectivity index (χ1) is 9.25. The molecule has 0 saturated heterocycles. The Kier molecular flexibility index (Phi) is 1.76. The number of carbonyl (C=O) groups is 1. The number of nitrogens with one attached hydrogen (secondary N) is 1. The van der Waals surface area contributed by atoms with Crippen LogP contribution in [-0.4, -0.2) is 25.7 Å². The summed E-state index contributed by atoms with van der Waals surface area (Å²) in [5.74, 6) is -0.179. The molecule has 3 aromatic rings. The molecule has 2 heterocycles. The van der Waals surface area contributed by atoms with E-state index in [1.54, 1.807) is 18.2 Å². The minimum atomic E-state index is -0.364. The van der Waals surface area contributed by atoms with Crippen LogP contribution in [0, 0.1) is 0 Å². The SMILES string of the molecule is O=C1c2ccccc2-c2nc3c(=O)[nH]cnc3nc21. The first-order valence-electron chi connectivity index (χ1n) is 5.65. The van der Waals surface area contributed by atoms with Gasteiger partial charge in [0, 0.05) is 11.1 Å². The zero-order valence-corrected chi connectivity index (χ0v) is 9.54. The quantitative estimate of drug-likeness (QED) is 0.501. The summed E-state index contributed by atoms with van der Waals surface area (Å²) in [4.78, 5) is 38.7. The molecule has 90 valence electrons. The molecule has 0 amide bonds. The Labute approximate surface area is 106 Å². The number of hydrogen-bond acceptors (Lipinski definition) is 5. The van der Waals surface area contributed by atoms with Crippen molar-refractivity contribution in [3.8, 4) is 11.3 Å². The van der Waals surface area contributed by atoms with Gasteiger partial charge in [-0.15, -0.1) is 0 Å². The van der Waals surface area contributed by atoms with E-state index in [4.69, 9.17) is 0 Å². The van der Waals surface area contributed by atoms with Gasteiger partial charge >= 0.3 is 0 Å². The summed E-state index contributed by atoms with van der Waals surface area (Å²) in [7, 11) is 0. The topological polar surface area (TPSA) is 88.6 Å². The van der Waals surface area contributed by atoms with Crippen LogP contribution in [0.25, 0.3) is 22.4 Å². The van der Waals surface area contributed by atoms with Crippen LogP contribution in [0.5, 0.6) is 0 Å². The van der Waals surface area contributed by atoms with Crippen LogP contribution >= 0.6 is 0 Å². The molecule has 0 bridgehead atoms. The summed E-state index contributed by atoms with van der Waals surface area (Å²) < 4.78 is 0. The standard InChI is InChI=1S/C13H6N4O2/c18-11-7-4-2-1-3-6(7)8-9(11)17-12-10(16-8)13(19)15-5-14-12/h1-5H,(H,14,15,17,19). The zero-order valence-electron chi connectivity index (χ0n) is 9.54. The average Bonchev–Trinajstić information content (AvgIpc) is 2.72. The zero-order chi connectivity index (χ0) is 13.0. The highest BCUT2D eigenvalue weighted by Crippen LogP contribution is 2.33. The Morgan fingerprint density at radius 3 is 2.58 bits per heavy atom. The number of nitrogens with zero attached hydrogens (tertiary/aromatic N) is 3. The average molecular weight is 250 g/mol. The molecule has 6 heteroatoms. The predicted octanol–water partition coefficient (Wildman–Crippen LogP) is 0.924. The third-order valence-corrected chi connectivity index (χ3v) is 3.12. The van der Waals surface area contributed by atoms with E-state index in [0.717, 1.165) is 0 Å². The summed E-state index contributed by atoms with van der Waals surface area (Å²) >= 11 is 0. The molecular formula is C13H6N4O2. The van der Waals surface area contributed by atoms with Gasteiger partial charge in [-0.2, -0.15) is 0 Å². The number of aromatic nitrogens is 4. The fourth-order valence-corrected chi connectivity index (χ4v) is 2.25. The number of H-pyrrole nitrogens is 1. The van der Waals surface area contributed by atoms with Crippen molar-refractivity contribution in [1.29, 1.82) is 0 Å². The fraction of sp³-hybridized carbons (Fsp3) is 0. The Morgan fingerprint density at radius 2 is 1.74 bits per heavy atom. The van der Waals surface area contributed by atoms with Gasteiger partial charge < -0.3 is 4.98 Å². The molecule has 0 spiro atoms. The van der Waals surface area contributed by atoms with Gasteiger partial charge in [0.2, 0.25) is 5.78 Å². The second kappa shape index (κ2) is 3.32. The monoisotopic (exact) mass is 250 g/mol. The van der Waals surface area contributed by atoms with E-state index < -0.39 is 0 Å². The van der Waals surface area contributed by atoms with Crippen molar-refractivity contribution >= 4 is 16.9 Å². The van der Waals surface area contributed by atoms with Gasteiger partial charge in [0.05, 0.1) is 6.33 Å². The van der Waals surface area contributed by atoms with Crippen LogP contribution in [0.15, 0.2) is 35.4 Å². The second-order valence-corrected chi connectivity index (χ2v) is 4.20. The number of carbonyl (C=O) groups excluding carboxylic acids is 1. The maximum absolute atomic E-state index is 12.2. The Hall–Kier alpha value is -2.89. The first-order valence-corrected chi connectivity index (χ1v) is 5.65. The second-order valence-electron chi connectivity index (χ2n) is 4.20. The maximum Gasteiger partial charge on any atom is 0.278 e. The van der Waals surface area contributed by atoms with Gasteiger partial charge in [-0.1, -0.05) is 24.3 Å². The Balaban J connectivity index is 2.18. The van der Waals surface area contributed by atoms with Crippen LogP contribution in [0.2, 0.25) is 0 Å². The third-order valence-electron chi connectivity index (χ3n) is 3.12. The van der Waals surface area contributed by atoms with Crippen LogP contribution in [0.1, 0.15) is 16.1 Å². The molecule has 6 nitrogen and oxygen atoms in total. The molecule has 1 aromatic carbocycles. The number of hydrogen-bond donors (Lipinski definition) is 1. The van der Waals surface area contributed by atoms with Crippen LogP contribution in [-0.2, 0) is 0 Å². The highest BCUT2D eigenvalue weighted by atomic mass is 16.1. The lowest BCUT2D eigenvalue weighted by Crippen LogP contribution is -2.11. The highest BCUT2D eigenvalue weighted by molar-refractivity contribution is 6.20. The van der Waals surface area contributed by atoms with Gasteiger partial charge in [-0.25, -0.2) is 15.0 Å². The highest BCUT2D eigenvalue weighted by Gasteiger charge is 2.30. The van der Waals surface area contributed by atoms with E-state index in [0.29, 0.717) is 16.8 Å². The van der Waals surface area contributed by atoms with Crippen molar-refractivity contribution in [2.45, 2.75) is 0 Å². The molecule has 0 atom stereocenters. The lowest BCUT2D eigenvalue weighted by atomic mass is 10.1. The van der Waals surface area contributed by atoms with Crippen molar-refractivity contribution in [3.05, 3.63) is 52.2 Å². The predicted molar refractivity (Wildman–Crippen MR) is 66.8 cm³/mol. The van der Waals surface area contributed by atoms with Crippen molar-refractivity contribution in [2.24, 2.45) is 0 Å². The molecule has 2 aromatic heterocycles. The van der Waals surface area contributed by atoms with Crippen molar-refractivity contribution in [1.82, 2.24) is 19.9 Å². The van der Waals surface area contributed by atoms with Gasteiger partial charge in [0.25, 0.3) is 5.56 Å².